The van der Waals surface area contributed by atoms with E-state index in [4.69, 9.17) is 15.2 Å². The third-order valence-electron chi connectivity index (χ3n) is 3.76. The van der Waals surface area contributed by atoms with E-state index in [1.54, 1.807) is 17.0 Å². The molecule has 1 amide bonds. The van der Waals surface area contributed by atoms with Gasteiger partial charge in [0.05, 0.1) is 6.61 Å². The maximum atomic E-state index is 12.4. The summed E-state index contributed by atoms with van der Waals surface area (Å²) >= 11 is 0. The second kappa shape index (κ2) is 12.2. The topological polar surface area (TPSA) is 64.8 Å². The summed E-state index contributed by atoms with van der Waals surface area (Å²) in [6.07, 6.45) is 0.801. The van der Waals surface area contributed by atoms with Gasteiger partial charge in [-0.2, -0.15) is 0 Å². The Morgan fingerprint density at radius 1 is 0.962 bits per heavy atom. The smallest absolute Gasteiger partial charge is 0.260 e. The van der Waals surface area contributed by atoms with E-state index in [1.165, 1.54) is 5.56 Å². The van der Waals surface area contributed by atoms with Gasteiger partial charge in [-0.25, -0.2) is 0 Å². The highest BCUT2D eigenvalue weighted by molar-refractivity contribution is 5.85. The van der Waals surface area contributed by atoms with Crippen LogP contribution in [-0.4, -0.2) is 43.7 Å². The molecule has 2 N–H and O–H groups in total. The minimum Gasteiger partial charge on any atom is -0.494 e. The van der Waals surface area contributed by atoms with E-state index in [2.05, 4.69) is 12.1 Å². The van der Waals surface area contributed by atoms with E-state index >= 15 is 0 Å². The number of nitrogens with two attached hydrogens (primary N) is 1. The fourth-order valence-corrected chi connectivity index (χ4v) is 2.46. The molecule has 0 heterocycles. The molecular weight excluding hydrogens is 352 g/mol. The Hall–Kier alpha value is -2.24. The van der Waals surface area contributed by atoms with Crippen molar-refractivity contribution in [1.29, 1.82) is 0 Å². The number of ether oxygens (including phenoxy) is 2. The number of hydrogen-bond acceptors (Lipinski definition) is 4. The van der Waals surface area contributed by atoms with Gasteiger partial charge in [-0.15, -0.1) is 12.4 Å². The number of carbonyl (C=O) groups is 1. The Balaban J connectivity index is 0.00000338. The predicted octanol–water partition coefficient (Wildman–Crippen LogP) is 2.92. The van der Waals surface area contributed by atoms with Crippen LogP contribution in [-0.2, 0) is 11.2 Å². The third kappa shape index (κ3) is 7.33. The monoisotopic (exact) mass is 378 g/mol. The molecule has 0 aromatic heterocycles. The first-order valence-corrected chi connectivity index (χ1v) is 8.60. The molecule has 5 nitrogen and oxygen atoms in total. The van der Waals surface area contributed by atoms with Crippen LogP contribution < -0.4 is 15.2 Å². The number of carbonyl (C=O) groups excluding carboxylic acids is 1. The van der Waals surface area contributed by atoms with Crippen molar-refractivity contribution in [2.75, 3.05) is 32.8 Å². The Bertz CT molecular complexity index is 635. The molecule has 26 heavy (non-hydrogen) atoms. The Morgan fingerprint density at radius 2 is 1.58 bits per heavy atom. The number of amides is 1. The molecular formula is C20H27ClN2O3. The Labute approximate surface area is 161 Å². The van der Waals surface area contributed by atoms with Gasteiger partial charge >= 0.3 is 0 Å². The van der Waals surface area contributed by atoms with Crippen molar-refractivity contribution in [3.8, 4) is 11.5 Å². The highest BCUT2D eigenvalue weighted by Crippen LogP contribution is 2.17. The van der Waals surface area contributed by atoms with Crippen LogP contribution in [0.2, 0.25) is 0 Å². The molecule has 2 rings (SSSR count). The SMILES string of the molecule is CCOc1ccc(OCC(=O)N(CCN)CCc2ccccc2)cc1.Cl. The molecule has 0 saturated carbocycles. The van der Waals surface area contributed by atoms with E-state index in [9.17, 15) is 4.79 Å². The lowest BCUT2D eigenvalue weighted by molar-refractivity contribution is -0.133. The molecule has 0 atom stereocenters. The maximum Gasteiger partial charge on any atom is 0.260 e. The second-order valence-corrected chi connectivity index (χ2v) is 5.60. The zero-order valence-corrected chi connectivity index (χ0v) is 15.9. The second-order valence-electron chi connectivity index (χ2n) is 5.60. The third-order valence-corrected chi connectivity index (χ3v) is 3.76. The molecule has 0 saturated heterocycles. The van der Waals surface area contributed by atoms with Crippen molar-refractivity contribution in [2.45, 2.75) is 13.3 Å². The highest BCUT2D eigenvalue weighted by atomic mass is 35.5. The zero-order valence-electron chi connectivity index (χ0n) is 15.1. The molecule has 2 aromatic carbocycles. The standard InChI is InChI=1S/C20H26N2O3.ClH/c1-2-24-18-8-10-19(11-9-18)25-16-20(23)22(15-13-21)14-12-17-6-4-3-5-7-17;/h3-11H,2,12-16,21H2,1H3;1H. The Kier molecular flexibility index (Phi) is 10.2. The van der Waals surface area contributed by atoms with Crippen molar-refractivity contribution >= 4 is 18.3 Å². The molecule has 6 heteroatoms. The quantitative estimate of drug-likeness (QED) is 0.690. The first kappa shape index (κ1) is 21.8. The van der Waals surface area contributed by atoms with Gasteiger partial charge in [0.15, 0.2) is 6.61 Å². The van der Waals surface area contributed by atoms with Crippen LogP contribution in [0.15, 0.2) is 54.6 Å². The minimum absolute atomic E-state index is 0. The molecule has 0 fully saturated rings. The lowest BCUT2D eigenvalue weighted by atomic mass is 10.1. The predicted molar refractivity (Wildman–Crippen MR) is 106 cm³/mol. The fraction of sp³-hybridized carbons (Fsp3) is 0.350. The van der Waals surface area contributed by atoms with Gasteiger partial charge in [0.25, 0.3) is 5.91 Å². The summed E-state index contributed by atoms with van der Waals surface area (Å²) in [5.74, 6) is 1.37. The van der Waals surface area contributed by atoms with Crippen LogP contribution >= 0.6 is 12.4 Å². The van der Waals surface area contributed by atoms with E-state index < -0.39 is 0 Å². The van der Waals surface area contributed by atoms with E-state index in [0.717, 1.165) is 12.2 Å². The van der Waals surface area contributed by atoms with Crippen LogP contribution in [0, 0.1) is 0 Å². The molecule has 0 unspecified atom stereocenters. The zero-order chi connectivity index (χ0) is 17.9. The van der Waals surface area contributed by atoms with Gasteiger partial charge in [0.1, 0.15) is 11.5 Å². The molecule has 0 aliphatic rings. The largest absolute Gasteiger partial charge is 0.494 e. The molecule has 142 valence electrons. The molecule has 2 aromatic rings. The van der Waals surface area contributed by atoms with E-state index in [1.807, 2.05) is 37.3 Å². The summed E-state index contributed by atoms with van der Waals surface area (Å²) in [4.78, 5) is 14.2. The summed E-state index contributed by atoms with van der Waals surface area (Å²) < 4.78 is 11.0. The number of halogens is 1. The van der Waals surface area contributed by atoms with Gasteiger partial charge in [-0.3, -0.25) is 4.79 Å². The highest BCUT2D eigenvalue weighted by Gasteiger charge is 2.13. The van der Waals surface area contributed by atoms with E-state index in [0.29, 0.717) is 32.0 Å². The lowest BCUT2D eigenvalue weighted by Gasteiger charge is -2.22. The van der Waals surface area contributed by atoms with E-state index in [-0.39, 0.29) is 24.9 Å². The fourth-order valence-electron chi connectivity index (χ4n) is 2.46. The van der Waals surface area contributed by atoms with Crippen LogP contribution in [0.4, 0.5) is 0 Å². The number of nitrogens with zero attached hydrogens (tertiary/aromatic N) is 1. The summed E-state index contributed by atoms with van der Waals surface area (Å²) in [5.41, 5.74) is 6.84. The van der Waals surface area contributed by atoms with Gasteiger partial charge in [0.2, 0.25) is 0 Å². The molecule has 0 spiro atoms. The van der Waals surface area contributed by atoms with Crippen molar-refractivity contribution in [3.63, 3.8) is 0 Å². The average molecular weight is 379 g/mol. The number of benzene rings is 2. The molecule has 0 radical (unpaired) electrons. The maximum absolute atomic E-state index is 12.4. The van der Waals surface area contributed by atoms with Gasteiger partial charge in [0, 0.05) is 19.6 Å². The van der Waals surface area contributed by atoms with Gasteiger partial charge < -0.3 is 20.1 Å². The number of hydrogen-bond donors (Lipinski definition) is 1. The van der Waals surface area contributed by atoms with Crippen molar-refractivity contribution in [2.24, 2.45) is 5.73 Å². The van der Waals surface area contributed by atoms with Gasteiger partial charge in [-0.05, 0) is 43.2 Å². The number of rotatable bonds is 10. The van der Waals surface area contributed by atoms with Crippen molar-refractivity contribution < 1.29 is 14.3 Å². The van der Waals surface area contributed by atoms with Gasteiger partial charge in [-0.1, -0.05) is 30.3 Å². The summed E-state index contributed by atoms with van der Waals surface area (Å²) in [7, 11) is 0. The molecule has 0 aliphatic heterocycles. The first-order chi connectivity index (χ1) is 12.2. The Morgan fingerprint density at radius 3 is 2.15 bits per heavy atom. The summed E-state index contributed by atoms with van der Waals surface area (Å²) in [5, 5.41) is 0. The normalized spacial score (nSPS) is 9.92. The van der Waals surface area contributed by atoms with Crippen LogP contribution in [0.5, 0.6) is 11.5 Å². The average Bonchev–Trinajstić information content (AvgIpc) is 2.65. The minimum atomic E-state index is -0.0599. The summed E-state index contributed by atoms with van der Waals surface area (Å²) in [6.45, 7) is 4.15. The molecule has 0 bridgehead atoms. The van der Waals surface area contributed by atoms with Crippen molar-refractivity contribution in [1.82, 2.24) is 4.90 Å². The molecule has 0 aliphatic carbocycles. The van der Waals surface area contributed by atoms with Crippen LogP contribution in [0.3, 0.4) is 0 Å². The van der Waals surface area contributed by atoms with Crippen LogP contribution in [0.25, 0.3) is 0 Å². The lowest BCUT2D eigenvalue weighted by Crippen LogP contribution is -2.39. The first-order valence-electron chi connectivity index (χ1n) is 8.60. The van der Waals surface area contributed by atoms with Crippen molar-refractivity contribution in [3.05, 3.63) is 60.2 Å². The van der Waals surface area contributed by atoms with Crippen LogP contribution in [0.1, 0.15) is 12.5 Å². The summed E-state index contributed by atoms with van der Waals surface area (Å²) in [6, 6.07) is 17.4.